The second-order valence-electron chi connectivity index (χ2n) is 34.3. The first kappa shape index (κ1) is 93.2. The number of nitrogens with one attached hydrogen (secondary N) is 7. The smallest absolute Gasteiger partial charge is 0.270 e. The Morgan fingerprint density at radius 2 is 0.846 bits per heavy atom. The molecule has 0 saturated carbocycles. The number of benzene rings is 7. The summed E-state index contributed by atoms with van der Waals surface area (Å²) in [4.78, 5) is 83.3. The van der Waals surface area contributed by atoms with Gasteiger partial charge in [-0.3, -0.25) is 34.1 Å². The zero-order valence-electron chi connectivity index (χ0n) is 75.9. The summed E-state index contributed by atoms with van der Waals surface area (Å²) in [6.45, 7) is 14.4. The highest BCUT2D eigenvalue weighted by Gasteiger charge is 2.36. The molecule has 5 aliphatic heterocycles. The fourth-order valence-electron chi connectivity index (χ4n) is 17.6. The van der Waals surface area contributed by atoms with Crippen molar-refractivity contribution in [3.63, 3.8) is 0 Å². The van der Waals surface area contributed by atoms with Crippen molar-refractivity contribution >= 4 is 45.6 Å². The molecule has 0 spiro atoms. The molecular formula is C108H104FN15O11S. The van der Waals surface area contributed by atoms with Crippen LogP contribution >= 0.6 is 0 Å². The number of hydrogen-bond donors (Lipinski definition) is 10. The normalized spacial score (nSPS) is 15.0. The Balaban J connectivity index is 0.000000127. The predicted molar refractivity (Wildman–Crippen MR) is 522 cm³/mol. The van der Waals surface area contributed by atoms with E-state index in [1.807, 2.05) is 233 Å². The summed E-state index contributed by atoms with van der Waals surface area (Å²) in [5.41, 5.74) is 25.3. The number of carbonyl (C=O) groups excluding carboxylic acids is 4. The molecule has 28 heteroatoms. The van der Waals surface area contributed by atoms with E-state index in [1.165, 1.54) is 6.07 Å². The van der Waals surface area contributed by atoms with Gasteiger partial charge in [0.05, 0.1) is 27.5 Å². The lowest BCUT2D eigenvalue weighted by Gasteiger charge is -2.24. The summed E-state index contributed by atoms with van der Waals surface area (Å²) >= 11 is 0. The number of pyridine rings is 7. The van der Waals surface area contributed by atoms with E-state index in [1.54, 1.807) is 49.1 Å². The van der Waals surface area contributed by atoms with E-state index in [9.17, 15) is 43.1 Å². The number of halogens is 1. The van der Waals surface area contributed by atoms with E-state index in [2.05, 4.69) is 70.4 Å². The van der Waals surface area contributed by atoms with Crippen molar-refractivity contribution in [2.24, 2.45) is 0 Å². The maximum absolute atomic E-state index is 14.1. The van der Waals surface area contributed by atoms with Crippen LogP contribution in [0.1, 0.15) is 170 Å². The van der Waals surface area contributed by atoms with Crippen molar-refractivity contribution < 1.29 is 57.0 Å². The number of hydrogen-bond acceptors (Lipinski definition) is 21. The van der Waals surface area contributed by atoms with Gasteiger partial charge in [-0.1, -0.05) is 133 Å². The molecule has 7 aromatic carbocycles. The molecule has 0 radical (unpaired) electrons. The van der Waals surface area contributed by atoms with Crippen molar-refractivity contribution in [3.8, 4) is 101 Å². The number of furan rings is 1. The van der Waals surface area contributed by atoms with Gasteiger partial charge < -0.3 is 66.4 Å². The zero-order valence-corrected chi connectivity index (χ0v) is 76.7. The first-order valence-electron chi connectivity index (χ1n) is 45.5. The summed E-state index contributed by atoms with van der Waals surface area (Å²) < 4.78 is 45.7. The van der Waals surface area contributed by atoms with Crippen molar-refractivity contribution in [1.82, 2.24) is 76.4 Å². The van der Waals surface area contributed by atoms with Gasteiger partial charge in [-0.25, -0.2) is 32.8 Å². The number of nitrogens with zero attached hydrogens (tertiary/aromatic N) is 8. The molecule has 4 amide bonds. The van der Waals surface area contributed by atoms with Crippen LogP contribution in [0.2, 0.25) is 0 Å². The molecule has 0 saturated heterocycles. The van der Waals surface area contributed by atoms with E-state index in [0.29, 0.717) is 111 Å². The maximum Gasteiger partial charge on any atom is 0.270 e. The third-order valence-electron chi connectivity index (χ3n) is 24.1. The van der Waals surface area contributed by atoms with Crippen molar-refractivity contribution in [2.45, 2.75) is 123 Å². The van der Waals surface area contributed by atoms with Crippen LogP contribution < -0.4 is 46.7 Å². The summed E-state index contributed by atoms with van der Waals surface area (Å²) in [7, 11) is -1.23. The van der Waals surface area contributed by atoms with E-state index < -0.39 is 21.6 Å². The molecule has 136 heavy (non-hydrogen) atoms. The van der Waals surface area contributed by atoms with Gasteiger partial charge in [0.15, 0.2) is 11.5 Å². The van der Waals surface area contributed by atoms with Gasteiger partial charge in [0, 0.05) is 189 Å². The van der Waals surface area contributed by atoms with Gasteiger partial charge >= 0.3 is 0 Å². The van der Waals surface area contributed by atoms with Crippen LogP contribution in [0, 0.1) is 5.82 Å². The van der Waals surface area contributed by atoms with Crippen LogP contribution in [0.15, 0.2) is 272 Å². The molecule has 20 rings (SSSR count). The lowest BCUT2D eigenvalue weighted by atomic mass is 9.94. The number of aliphatic hydroxyl groups is 3. The number of fused-ring (bicyclic) bond motifs is 6. The quantitative estimate of drug-likeness (QED) is 0.0254. The molecule has 10 N–H and O–H groups in total. The van der Waals surface area contributed by atoms with Crippen LogP contribution in [0.4, 0.5) is 4.39 Å². The summed E-state index contributed by atoms with van der Waals surface area (Å²) in [6, 6.07) is 73.2. The first-order valence-corrected chi connectivity index (χ1v) is 46.6. The van der Waals surface area contributed by atoms with Crippen LogP contribution in [0.5, 0.6) is 11.5 Å². The molecule has 26 nitrogen and oxygen atoms in total. The molecule has 0 bridgehead atoms. The summed E-state index contributed by atoms with van der Waals surface area (Å²) in [6.07, 6.45) is 12.5. The summed E-state index contributed by atoms with van der Waals surface area (Å²) in [5.74, 6) is 0.795. The van der Waals surface area contributed by atoms with E-state index in [-0.39, 0.29) is 80.5 Å². The number of rotatable bonds is 25. The Morgan fingerprint density at radius 1 is 0.434 bits per heavy atom. The highest BCUT2D eigenvalue weighted by molar-refractivity contribution is 7.84. The first-order chi connectivity index (χ1) is 66.3. The largest absolute Gasteiger partial charge is 0.456 e. The Kier molecular flexibility index (Phi) is 29.3. The molecule has 13 heterocycles. The third kappa shape index (κ3) is 21.3. The zero-order chi connectivity index (χ0) is 94.4. The summed E-state index contributed by atoms with van der Waals surface area (Å²) in [5, 5.41) is 51.5. The Bertz CT molecular complexity index is 6890. The SMILES string of the molecule is CC(C)(C)[S@@](=O)N1Cc2cc(C(=O)NCc3ccccc3F)nc(-c3cccc(-c4cccnc4)c3)c2C1.CCNC(=O)c1cc2c(c(-c3cccc(-c4cc5ccccc5o4)c3)n1)[C@@H](CCO)NC2.CCNC(=O)c1cc2c(c(-c3cccc(-c4cccnc4)c3)n1)[C@@H](CCO)NC2.O=C(NCc1ccc2c(c1)OCO2)c1cc2c(c(-c3cccc(-c4cccnc4)c3)n1)[C@@H](CCO)NC2. The molecule has 5 aliphatic rings. The molecular weight excluding hydrogens is 1730 g/mol. The van der Waals surface area contributed by atoms with Crippen molar-refractivity contribution in [1.29, 1.82) is 0 Å². The minimum absolute atomic E-state index is 0.00403. The van der Waals surface area contributed by atoms with Crippen LogP contribution in [0.3, 0.4) is 0 Å². The lowest BCUT2D eigenvalue weighted by molar-refractivity contribution is 0.0938. The number of aromatic nitrogens is 7. The van der Waals surface area contributed by atoms with Crippen LogP contribution in [-0.2, 0) is 56.8 Å². The Morgan fingerprint density at radius 3 is 1.30 bits per heavy atom. The fraction of sp³-hybridized carbons (Fsp3) is 0.231. The van der Waals surface area contributed by atoms with E-state index in [4.69, 9.17) is 33.8 Å². The average Bonchev–Trinajstić information content (AvgIpc) is 1.60. The average molecular weight is 1840 g/mol. The van der Waals surface area contributed by atoms with Crippen LogP contribution in [-0.4, -0.2) is 127 Å². The highest BCUT2D eigenvalue weighted by Crippen LogP contribution is 2.44. The van der Waals surface area contributed by atoms with Gasteiger partial charge in [0.2, 0.25) is 6.79 Å². The lowest BCUT2D eigenvalue weighted by Crippen LogP contribution is -2.34. The molecule has 0 unspecified atom stereocenters. The second kappa shape index (κ2) is 42.7. The van der Waals surface area contributed by atoms with Gasteiger partial charge in [0.1, 0.15) is 50.9 Å². The van der Waals surface area contributed by atoms with Crippen molar-refractivity contribution in [2.75, 3.05) is 39.7 Å². The topological polar surface area (TPSA) is 355 Å². The van der Waals surface area contributed by atoms with Gasteiger partial charge in [-0.2, -0.15) is 0 Å². The number of ether oxygens (including phenoxy) is 2. The van der Waals surface area contributed by atoms with Gasteiger partial charge in [0.25, 0.3) is 23.6 Å². The standard InChI is InChI=1S/C30H29FN4O2S.C29H26N4O4.C26H25N3O3.C23H24N4O2/c1-30(2,3)38(37)35-18-24-15-27(29(36)33-17-23-8-4-5-12-26(23)31)34-28(25(24)19-35)21-10-6-9-20(14-21)22-11-7-13-32-16-22;34-10-8-23-27-22(16-31-23)13-24(29(35)32-14-18-6-7-25-26(11-18)37-17-36-25)33-28(27)20-4-1-3-19(12-20)21-5-2-9-30-15-21;1-2-27-26(31)21-13-19-15-28-20(10-11-30)24(19)25(29-21)18-8-5-7-16(12-18)23-14-17-6-3-4-9-22(17)32-23;1-2-25-23(29)20-12-18-14-26-19(8-10-28)21(18)22(27-20)16-6-3-5-15(11-16)17-7-4-9-24-13-17/h4-16H,17-19H2,1-3H3,(H,33,36);1-7,9,11-13,15,23,31,34H,8,10,14,16-17H2,(H,32,35);3-9,12-14,20,28,30H,2,10-11,15H2,1H3,(H,27,31);3-7,9,11-13,19,26,28H,2,8,10,14H2,1H3,(H,25,29)/t38-;23-;20-;19-/m1111/s1. The fourth-order valence-corrected chi connectivity index (χ4v) is 18.9. The number of amides is 4. The highest BCUT2D eigenvalue weighted by atomic mass is 32.2. The van der Waals surface area contributed by atoms with E-state index >= 15 is 0 Å². The monoisotopic (exact) mass is 1840 g/mol. The number of carbonyl (C=O) groups is 4. The number of aliphatic hydroxyl groups excluding tert-OH is 3. The van der Waals surface area contributed by atoms with E-state index in [0.717, 1.165) is 145 Å². The van der Waals surface area contributed by atoms with Crippen LogP contribution in [0.25, 0.3) is 101 Å². The molecule has 8 aromatic heterocycles. The van der Waals surface area contributed by atoms with Gasteiger partial charge in [-0.15, -0.1) is 0 Å². The minimum atomic E-state index is -1.23. The molecule has 0 aliphatic carbocycles. The van der Waals surface area contributed by atoms with Crippen molar-refractivity contribution in [3.05, 3.63) is 352 Å². The molecule has 690 valence electrons. The third-order valence-corrected chi connectivity index (χ3v) is 25.9. The maximum atomic E-state index is 14.1. The Hall–Kier alpha value is -14.6. The Labute approximate surface area is 789 Å². The van der Waals surface area contributed by atoms with Gasteiger partial charge in [-0.05, 0) is 218 Å². The molecule has 15 aromatic rings. The predicted octanol–water partition coefficient (Wildman–Crippen LogP) is 17.2. The molecule has 4 atom stereocenters. The number of para-hydroxylation sites is 1. The minimum Gasteiger partial charge on any atom is -0.456 e. The second-order valence-corrected chi connectivity index (χ2v) is 36.6. The molecule has 0 fully saturated rings.